The van der Waals surface area contributed by atoms with Crippen LogP contribution in [0.4, 0.5) is 0 Å². The molecule has 0 radical (unpaired) electrons. The van der Waals surface area contributed by atoms with Gasteiger partial charge in [-0.05, 0) is 73.9 Å². The Kier molecular flexibility index (Phi) is 26.6. The number of cyclic esters (lactones) is 2. The molecule has 2 aromatic carbocycles. The number of hydrogen-bond acceptors (Lipinski definition) is 16. The van der Waals surface area contributed by atoms with Gasteiger partial charge in [-0.15, -0.1) is 0 Å². The Balaban J connectivity index is 1.36. The van der Waals surface area contributed by atoms with Gasteiger partial charge in [0.05, 0.1) is 35.8 Å². The third kappa shape index (κ3) is 23.1. The summed E-state index contributed by atoms with van der Waals surface area (Å²) in [6, 6.07) is 8.97. The summed E-state index contributed by atoms with van der Waals surface area (Å²) in [6.45, 7) is 12.5. The van der Waals surface area contributed by atoms with E-state index in [0.29, 0.717) is 21.9 Å². The number of carbonyl (C=O) groups excluding carboxylic acids is 9. The van der Waals surface area contributed by atoms with Crippen LogP contribution in [0.25, 0.3) is 0 Å². The van der Waals surface area contributed by atoms with Gasteiger partial charge in [-0.25, -0.2) is 4.79 Å². The number of aliphatic carboxylic acids is 1. The van der Waals surface area contributed by atoms with Crippen molar-refractivity contribution in [2.75, 3.05) is 39.0 Å². The minimum atomic E-state index is -4.32. The van der Waals surface area contributed by atoms with E-state index >= 15 is 0 Å². The minimum absolute atomic E-state index is 0.0517. The first-order chi connectivity index (χ1) is 39.4. The number of carboxylic acids is 1. The van der Waals surface area contributed by atoms with Crippen LogP contribution in [0.2, 0.25) is 5.02 Å². The molecule has 25 nitrogen and oxygen atoms in total. The zero-order chi connectivity index (χ0) is 62.6. The van der Waals surface area contributed by atoms with Crippen LogP contribution in [0.5, 0.6) is 5.75 Å². The Morgan fingerprint density at radius 1 is 0.857 bits per heavy atom. The number of epoxide rings is 1. The molecule has 84 heavy (non-hydrogen) atoms. The second-order valence-electron chi connectivity index (χ2n) is 22.2. The molecule has 2 aliphatic rings. The summed E-state index contributed by atoms with van der Waals surface area (Å²) in [5.74, 6) is -8.38. The lowest BCUT2D eigenvalue weighted by molar-refractivity contribution is -0.179. The fourth-order valence-corrected chi connectivity index (χ4v) is 9.39. The largest absolute Gasteiger partial charge is 0.495 e. The lowest BCUT2D eigenvalue weighted by atomic mass is 9.92. The van der Waals surface area contributed by atoms with E-state index in [2.05, 4.69) is 31.9 Å². The second-order valence-corrected chi connectivity index (χ2v) is 24.2. The van der Waals surface area contributed by atoms with Gasteiger partial charge >= 0.3 is 17.9 Å². The first-order valence-electron chi connectivity index (χ1n) is 27.7. The van der Waals surface area contributed by atoms with E-state index in [4.69, 9.17) is 35.1 Å². The quantitative estimate of drug-likeness (QED) is 0.0362. The highest BCUT2D eigenvalue weighted by atomic mass is 35.5. The smallest absolute Gasteiger partial charge is 0.347 e. The number of methoxy groups -OCH3 is 1. The van der Waals surface area contributed by atoms with Crippen LogP contribution in [0.1, 0.15) is 117 Å². The van der Waals surface area contributed by atoms with Gasteiger partial charge in [0.25, 0.3) is 10.1 Å². The van der Waals surface area contributed by atoms with Gasteiger partial charge in [0, 0.05) is 70.7 Å². The zero-order valence-electron chi connectivity index (χ0n) is 48.8. The summed E-state index contributed by atoms with van der Waals surface area (Å²) in [4.78, 5) is 132. The summed E-state index contributed by atoms with van der Waals surface area (Å²) in [5, 5.41) is 25.3. The maximum absolute atomic E-state index is 14.0. The van der Waals surface area contributed by atoms with Gasteiger partial charge in [0.1, 0.15) is 36.1 Å². The Morgan fingerprint density at radius 3 is 2.14 bits per heavy atom. The molecule has 0 saturated carbocycles. The number of benzene rings is 2. The summed E-state index contributed by atoms with van der Waals surface area (Å²) >= 11 is 6.37. The average Bonchev–Trinajstić information content (AvgIpc) is 3.21. The van der Waals surface area contributed by atoms with Crippen LogP contribution < -0.4 is 36.6 Å². The fraction of sp³-hybridized carbons (Fsp3) is 0.579. The van der Waals surface area contributed by atoms with Gasteiger partial charge in [0.15, 0.2) is 6.10 Å². The molecule has 4 rings (SSSR count). The maximum atomic E-state index is 14.0. The van der Waals surface area contributed by atoms with Gasteiger partial charge in [-0.1, -0.05) is 82.6 Å². The first-order valence-corrected chi connectivity index (χ1v) is 29.7. The molecule has 0 aliphatic carbocycles. The molecule has 1 fully saturated rings. The van der Waals surface area contributed by atoms with E-state index in [-0.39, 0.29) is 70.6 Å². The molecule has 1 saturated heterocycles. The molecule has 0 spiro atoms. The number of nitrogens with one attached hydrogen (secondary N) is 6. The molecular weight excluding hydrogens is 1140 g/mol. The maximum Gasteiger partial charge on any atom is 0.347 e. The number of amides is 7. The number of rotatable bonds is 27. The third-order valence-corrected chi connectivity index (χ3v) is 14.9. The second kappa shape index (κ2) is 32.2. The van der Waals surface area contributed by atoms with E-state index in [0.717, 1.165) is 10.5 Å². The van der Waals surface area contributed by atoms with Crippen molar-refractivity contribution in [1.82, 2.24) is 36.8 Å². The first kappa shape index (κ1) is 69.3. The van der Waals surface area contributed by atoms with Crippen LogP contribution in [-0.4, -0.2) is 158 Å². The molecule has 464 valence electrons. The molecule has 0 unspecified atom stereocenters. The average molecular weight is 1220 g/mol. The van der Waals surface area contributed by atoms with Crippen molar-refractivity contribution >= 4 is 81.0 Å². The van der Waals surface area contributed by atoms with Crippen molar-refractivity contribution in [2.24, 2.45) is 23.2 Å². The van der Waals surface area contributed by atoms with Crippen molar-refractivity contribution < 1.29 is 85.0 Å². The van der Waals surface area contributed by atoms with E-state index in [1.165, 1.54) is 26.2 Å². The van der Waals surface area contributed by atoms with Gasteiger partial charge in [0.2, 0.25) is 41.4 Å². The van der Waals surface area contributed by atoms with Crippen molar-refractivity contribution in [3.63, 3.8) is 0 Å². The van der Waals surface area contributed by atoms with Crippen molar-refractivity contribution in [3.8, 4) is 5.75 Å². The lowest BCUT2D eigenvalue weighted by Crippen LogP contribution is -2.54. The molecule has 2 aromatic rings. The molecule has 8 atom stereocenters. The number of ether oxygens (including phenoxy) is 4. The van der Waals surface area contributed by atoms with Crippen molar-refractivity contribution in [2.45, 2.75) is 149 Å². The van der Waals surface area contributed by atoms with Crippen LogP contribution in [0.3, 0.4) is 0 Å². The Labute approximate surface area is 494 Å². The topological polar surface area (TPSA) is 361 Å². The summed E-state index contributed by atoms with van der Waals surface area (Å²) in [5.41, 5.74) is 0.818. The Morgan fingerprint density at radius 2 is 1.52 bits per heavy atom. The van der Waals surface area contributed by atoms with Crippen LogP contribution in [0.15, 0.2) is 54.6 Å². The molecule has 2 heterocycles. The molecule has 2 aliphatic heterocycles. The standard InChI is InChI=1S/C57H80ClN7O18S/c1-32(2)27-43-55(75)81-41(11-10-12-45(67)63-40(29-37-15-18-42(80-9)39(58)28-37)53(73)61-31-57(7,8)56(76)82-43)34(5)50-51(83-50)38-16-13-36(14-17-38)30-60-52(72)35(6)62-54(74)49(33(3)4)64-46(68)21-24-65(25-22-48(70)71)47(69)20-19-44(66)59-23-26-84(77,78)79/h10,12-18,28,32-35,40-41,43,49-51H,11,19-27,29-31H2,1-9H3,(H,59,66)(H,60,72)(H,61,73)(H,62,74)(H,63,67)(H,64,68)(H,70,71)(H,77,78,79)/b12-10-/t34-,35-,40+,41-,43-,49-,50+,51+/m0/s1. The summed E-state index contributed by atoms with van der Waals surface area (Å²) in [7, 11) is -2.85. The normalized spacial score (nSPS) is 20.8. The van der Waals surface area contributed by atoms with Gasteiger partial charge in [-0.2, -0.15) is 8.42 Å². The van der Waals surface area contributed by atoms with Crippen LogP contribution in [0, 0.1) is 23.2 Å². The third-order valence-electron chi connectivity index (χ3n) is 13.9. The zero-order valence-corrected chi connectivity index (χ0v) is 50.4. The monoisotopic (exact) mass is 1220 g/mol. The number of halogens is 1. The molecule has 8 N–H and O–H groups in total. The predicted molar refractivity (Wildman–Crippen MR) is 305 cm³/mol. The van der Waals surface area contributed by atoms with Crippen molar-refractivity contribution in [3.05, 3.63) is 76.3 Å². The van der Waals surface area contributed by atoms with Gasteiger partial charge in [-0.3, -0.25) is 47.7 Å². The van der Waals surface area contributed by atoms with E-state index in [1.807, 2.05) is 32.9 Å². The SMILES string of the molecule is COc1ccc(C[C@H]2NC(=O)/C=C\C[C@@H]([C@H](C)[C@H]3O[C@@H]3c3ccc(CNC(=O)[C@H](C)NC(=O)[C@@H](NC(=O)CCN(CCC(=O)O)C(=O)CCC(=O)NCCS(=O)(=O)O)C(C)C)cc3)OC(=O)[C@H](CC(C)C)OC(=O)C(C)(C)CNC2=O)cc1Cl. The summed E-state index contributed by atoms with van der Waals surface area (Å²) < 4.78 is 54.0. The van der Waals surface area contributed by atoms with Crippen molar-refractivity contribution in [1.29, 1.82) is 0 Å². The highest BCUT2D eigenvalue weighted by Gasteiger charge is 2.48. The van der Waals surface area contributed by atoms with Crippen LogP contribution in [-0.2, 0) is 85.2 Å². The molecule has 0 bridgehead atoms. The molecule has 7 amide bonds. The molecule has 0 aromatic heterocycles. The number of nitrogens with zero attached hydrogens (tertiary/aromatic N) is 1. The number of hydrogen-bond donors (Lipinski definition) is 8. The minimum Gasteiger partial charge on any atom is -0.495 e. The Hall–Kier alpha value is -7.16. The highest BCUT2D eigenvalue weighted by Crippen LogP contribution is 2.45. The highest BCUT2D eigenvalue weighted by molar-refractivity contribution is 7.85. The number of carboxylic acid groups (broad SMARTS) is 1. The van der Waals surface area contributed by atoms with E-state index < -0.39 is 148 Å². The van der Waals surface area contributed by atoms with Gasteiger partial charge < -0.3 is 60.9 Å². The lowest BCUT2D eigenvalue weighted by Gasteiger charge is -2.29. The van der Waals surface area contributed by atoms with E-state index in [9.17, 15) is 61.5 Å². The predicted octanol–water partition coefficient (Wildman–Crippen LogP) is 2.86. The van der Waals surface area contributed by atoms with E-state index in [1.54, 1.807) is 58.0 Å². The summed E-state index contributed by atoms with van der Waals surface area (Å²) in [6.07, 6.45) is -1.52. The number of esters is 2. The van der Waals surface area contributed by atoms with Crippen LogP contribution >= 0.6 is 11.6 Å². The fourth-order valence-electron chi connectivity index (χ4n) is 8.75. The molecular formula is C57H80ClN7O18S. The molecule has 27 heteroatoms. The number of carbonyl (C=O) groups is 10. The Bertz CT molecular complexity index is 2830.